The molecule has 172 valence electrons. The van der Waals surface area contributed by atoms with E-state index >= 15 is 0 Å². The van der Waals surface area contributed by atoms with Crippen molar-refractivity contribution in [3.8, 4) is 0 Å². The molecule has 0 spiro atoms. The van der Waals surface area contributed by atoms with Crippen LogP contribution in [-0.4, -0.2) is 25.5 Å². The molecule has 3 rings (SSSR count). The Labute approximate surface area is 191 Å². The number of anilines is 1. The minimum atomic E-state index is -4.74. The molecule has 3 aromatic rings. The number of hydrogen-bond donors (Lipinski definition) is 1. The summed E-state index contributed by atoms with van der Waals surface area (Å²) in [7, 11) is 0. The van der Waals surface area contributed by atoms with Crippen LogP contribution in [0.1, 0.15) is 41.3 Å². The molecule has 1 amide bonds. The first-order valence-electron chi connectivity index (χ1n) is 9.41. The van der Waals surface area contributed by atoms with E-state index in [9.17, 15) is 22.4 Å². The number of nitrogens with one attached hydrogen (secondary N) is 1. The minimum Gasteiger partial charge on any atom is -0.321 e. The highest BCUT2D eigenvalue weighted by Crippen LogP contribution is 2.36. The fraction of sp³-hybridized carbons (Fsp3) is 0.350. The number of aromatic nitrogens is 4. The number of amides is 1. The molecule has 0 bridgehead atoms. The molecule has 32 heavy (non-hydrogen) atoms. The second-order valence-corrected chi connectivity index (χ2v) is 8.08. The summed E-state index contributed by atoms with van der Waals surface area (Å²) in [6.07, 6.45) is -4.74. The van der Waals surface area contributed by atoms with Gasteiger partial charge in [0.1, 0.15) is 11.9 Å². The first-order chi connectivity index (χ1) is 14.8. The topological polar surface area (TPSA) is 64.7 Å². The molecule has 0 fully saturated rings. The standard InChI is InChI=1S/C20H19Cl2F4N5O/c1-9-17(11(3)30(28-9)8-13-5-6-14(23)7-15(13)21)27-19(32)12(4)31-10(2)16(22)18(29-31)20(24,25)26/h5-7,12H,8H2,1-4H3,(H,27,32). The summed E-state index contributed by atoms with van der Waals surface area (Å²) in [5, 5.41) is 10.3. The summed E-state index contributed by atoms with van der Waals surface area (Å²) in [4.78, 5) is 12.8. The van der Waals surface area contributed by atoms with Gasteiger partial charge in [0.05, 0.1) is 34.3 Å². The first-order valence-corrected chi connectivity index (χ1v) is 10.2. The number of benzene rings is 1. The number of hydrogen-bond acceptors (Lipinski definition) is 3. The first kappa shape index (κ1) is 24.1. The summed E-state index contributed by atoms with van der Waals surface area (Å²) in [5.74, 6) is -1.05. The molecular weight excluding hydrogens is 473 g/mol. The Balaban J connectivity index is 1.84. The average molecular weight is 492 g/mol. The number of rotatable bonds is 5. The van der Waals surface area contributed by atoms with E-state index in [1.165, 1.54) is 32.0 Å². The number of carbonyl (C=O) groups excluding carboxylic acids is 1. The molecule has 6 nitrogen and oxygen atoms in total. The molecule has 2 aromatic heterocycles. The van der Waals surface area contributed by atoms with Gasteiger partial charge in [-0.25, -0.2) is 4.39 Å². The van der Waals surface area contributed by atoms with Crippen LogP contribution in [0.3, 0.4) is 0 Å². The van der Waals surface area contributed by atoms with Gasteiger partial charge in [-0.15, -0.1) is 0 Å². The van der Waals surface area contributed by atoms with E-state index in [0.29, 0.717) is 22.6 Å². The van der Waals surface area contributed by atoms with Crippen LogP contribution < -0.4 is 5.32 Å². The summed E-state index contributed by atoms with van der Waals surface area (Å²) in [6, 6.07) is 2.94. The third-order valence-electron chi connectivity index (χ3n) is 5.06. The van der Waals surface area contributed by atoms with Gasteiger partial charge in [-0.05, 0) is 45.4 Å². The molecule has 1 unspecified atom stereocenters. The third kappa shape index (κ3) is 4.61. The number of halogens is 6. The average Bonchev–Trinajstić information content (AvgIpc) is 3.14. The number of nitrogens with zero attached hydrogens (tertiary/aromatic N) is 4. The predicted molar refractivity (Wildman–Crippen MR) is 113 cm³/mol. The maximum atomic E-state index is 13.3. The maximum Gasteiger partial charge on any atom is 0.436 e. The van der Waals surface area contributed by atoms with Gasteiger partial charge in [0.15, 0.2) is 5.69 Å². The van der Waals surface area contributed by atoms with E-state index in [1.54, 1.807) is 18.5 Å². The van der Waals surface area contributed by atoms with Crippen molar-refractivity contribution in [2.45, 2.75) is 46.5 Å². The Morgan fingerprint density at radius 2 is 1.81 bits per heavy atom. The van der Waals surface area contributed by atoms with E-state index in [-0.39, 0.29) is 17.3 Å². The zero-order valence-electron chi connectivity index (χ0n) is 17.5. The van der Waals surface area contributed by atoms with Crippen LogP contribution in [-0.2, 0) is 17.5 Å². The smallest absolute Gasteiger partial charge is 0.321 e. The van der Waals surface area contributed by atoms with E-state index in [1.807, 2.05) is 0 Å². The molecule has 0 saturated carbocycles. The molecule has 1 aromatic carbocycles. The van der Waals surface area contributed by atoms with Gasteiger partial charge in [-0.2, -0.15) is 23.4 Å². The highest BCUT2D eigenvalue weighted by molar-refractivity contribution is 6.32. The minimum absolute atomic E-state index is 0.0248. The van der Waals surface area contributed by atoms with Crippen LogP contribution in [0.2, 0.25) is 10.0 Å². The molecule has 1 atom stereocenters. The lowest BCUT2D eigenvalue weighted by molar-refractivity contribution is -0.141. The van der Waals surface area contributed by atoms with E-state index in [0.717, 1.165) is 4.68 Å². The van der Waals surface area contributed by atoms with Crippen molar-refractivity contribution in [3.05, 3.63) is 62.4 Å². The zero-order chi connectivity index (χ0) is 24.0. The largest absolute Gasteiger partial charge is 0.436 e. The second-order valence-electron chi connectivity index (χ2n) is 7.29. The van der Waals surface area contributed by atoms with Gasteiger partial charge in [0.25, 0.3) is 0 Å². The van der Waals surface area contributed by atoms with E-state index in [4.69, 9.17) is 23.2 Å². The van der Waals surface area contributed by atoms with Crippen LogP contribution in [0.4, 0.5) is 23.2 Å². The third-order valence-corrected chi connectivity index (χ3v) is 5.86. The Morgan fingerprint density at radius 3 is 2.38 bits per heavy atom. The SMILES string of the molecule is Cc1nn(Cc2ccc(F)cc2Cl)c(C)c1NC(=O)C(C)n1nc(C(F)(F)F)c(Cl)c1C. The van der Waals surface area contributed by atoms with Crippen LogP contribution in [0, 0.1) is 26.6 Å². The highest BCUT2D eigenvalue weighted by Gasteiger charge is 2.39. The Hall–Kier alpha value is -2.59. The fourth-order valence-electron chi connectivity index (χ4n) is 3.24. The number of alkyl halides is 3. The monoisotopic (exact) mass is 491 g/mol. The molecule has 12 heteroatoms. The maximum absolute atomic E-state index is 13.3. The summed E-state index contributed by atoms with van der Waals surface area (Å²) in [6.45, 7) is 6.40. The lowest BCUT2D eigenvalue weighted by Crippen LogP contribution is -2.26. The van der Waals surface area contributed by atoms with Crippen LogP contribution in [0.5, 0.6) is 0 Å². The second kappa shape index (κ2) is 8.74. The molecule has 0 aliphatic carbocycles. The Bertz CT molecular complexity index is 1190. The van der Waals surface area contributed by atoms with Gasteiger partial charge in [0.2, 0.25) is 5.91 Å². The molecule has 0 saturated heterocycles. The number of aryl methyl sites for hydroxylation is 1. The zero-order valence-corrected chi connectivity index (χ0v) is 19.0. The van der Waals surface area contributed by atoms with Gasteiger partial charge >= 0.3 is 6.18 Å². The number of carbonyl (C=O) groups is 1. The predicted octanol–water partition coefficient (Wildman–Crippen LogP) is 5.72. The normalized spacial score (nSPS) is 12.8. The highest BCUT2D eigenvalue weighted by atomic mass is 35.5. The van der Waals surface area contributed by atoms with Crippen molar-refractivity contribution >= 4 is 34.8 Å². The molecule has 0 aliphatic rings. The lowest BCUT2D eigenvalue weighted by atomic mass is 10.2. The van der Waals surface area contributed by atoms with Crippen molar-refractivity contribution in [2.75, 3.05) is 5.32 Å². The van der Waals surface area contributed by atoms with Gasteiger partial charge < -0.3 is 5.32 Å². The van der Waals surface area contributed by atoms with Crippen molar-refractivity contribution < 1.29 is 22.4 Å². The fourth-order valence-corrected chi connectivity index (χ4v) is 3.70. The molecular formula is C20H19Cl2F4N5O. The van der Waals surface area contributed by atoms with E-state index < -0.39 is 34.7 Å². The van der Waals surface area contributed by atoms with E-state index in [2.05, 4.69) is 15.5 Å². The van der Waals surface area contributed by atoms with Crippen LogP contribution >= 0.6 is 23.2 Å². The summed E-state index contributed by atoms with van der Waals surface area (Å²) >= 11 is 11.9. The van der Waals surface area contributed by atoms with Crippen LogP contribution in [0.15, 0.2) is 18.2 Å². The van der Waals surface area contributed by atoms with Gasteiger partial charge in [0, 0.05) is 5.02 Å². The summed E-state index contributed by atoms with van der Waals surface area (Å²) in [5.41, 5.74) is 0.907. The molecule has 0 aliphatic heterocycles. The van der Waals surface area contributed by atoms with Crippen LogP contribution in [0.25, 0.3) is 0 Å². The van der Waals surface area contributed by atoms with Crippen molar-refractivity contribution in [3.63, 3.8) is 0 Å². The lowest BCUT2D eigenvalue weighted by Gasteiger charge is -2.15. The Kier molecular flexibility index (Phi) is 6.57. The van der Waals surface area contributed by atoms with Crippen molar-refractivity contribution in [1.82, 2.24) is 19.6 Å². The Morgan fingerprint density at radius 1 is 1.16 bits per heavy atom. The van der Waals surface area contributed by atoms with Gasteiger partial charge in [-0.3, -0.25) is 14.2 Å². The van der Waals surface area contributed by atoms with Crippen molar-refractivity contribution in [2.24, 2.45) is 0 Å². The molecule has 1 N–H and O–H groups in total. The van der Waals surface area contributed by atoms with Crippen molar-refractivity contribution in [1.29, 1.82) is 0 Å². The summed E-state index contributed by atoms with van der Waals surface area (Å²) < 4.78 is 55.1. The molecule has 2 heterocycles. The van der Waals surface area contributed by atoms with Gasteiger partial charge in [-0.1, -0.05) is 29.3 Å². The molecule has 0 radical (unpaired) electrons. The quantitative estimate of drug-likeness (QED) is 0.464.